The maximum absolute atomic E-state index is 9.99. The molecule has 5 N–H and O–H groups in total. The van der Waals surface area contributed by atoms with Crippen LogP contribution < -0.4 is 41.0 Å². The summed E-state index contributed by atoms with van der Waals surface area (Å²) in [4.78, 5) is 19.9. The van der Waals surface area contributed by atoms with Crippen LogP contribution in [0.5, 0.6) is 0 Å². The van der Waals surface area contributed by atoms with Gasteiger partial charge in [-0.25, -0.2) is 0 Å². The Labute approximate surface area is 81.5 Å². The number of carboxylic acids is 1. The van der Waals surface area contributed by atoms with Crippen LogP contribution in [0.4, 0.5) is 0 Å². The maximum atomic E-state index is 9.99. The van der Waals surface area contributed by atoms with Crippen molar-refractivity contribution in [3.63, 3.8) is 0 Å². The van der Waals surface area contributed by atoms with Crippen LogP contribution in [0, 0.1) is 0 Å². The van der Waals surface area contributed by atoms with Gasteiger partial charge in [-0.1, -0.05) is 0 Å². The van der Waals surface area contributed by atoms with Gasteiger partial charge in [0.1, 0.15) is 6.04 Å². The van der Waals surface area contributed by atoms with Gasteiger partial charge in [0.15, 0.2) is 0 Å². The van der Waals surface area contributed by atoms with E-state index >= 15 is 0 Å². The topological polar surface area (TPSA) is 106 Å². The molecule has 0 aliphatic heterocycles. The third-order valence-corrected chi connectivity index (χ3v) is 0.738. The number of carbonyl (C=O) groups excluding carboxylic acids is 1. The second kappa shape index (κ2) is 5.67. The van der Waals surface area contributed by atoms with Gasteiger partial charge >= 0.3 is 35.5 Å². The number of hydrogen-bond donors (Lipinski definition) is 3. The first-order valence-electron chi connectivity index (χ1n) is 2.30. The van der Waals surface area contributed by atoms with Crippen LogP contribution in [0.1, 0.15) is 7.85 Å². The molecule has 54 valence electrons. The minimum absolute atomic E-state index is 0. The van der Waals surface area contributed by atoms with Crippen LogP contribution in [0.2, 0.25) is 0 Å². The zero-order valence-corrected chi connectivity index (χ0v) is 7.70. The van der Waals surface area contributed by atoms with E-state index in [0.717, 1.165) is 0 Å². The first-order valence-corrected chi connectivity index (χ1v) is 2.30. The van der Waals surface area contributed by atoms with E-state index in [-0.39, 0.29) is 37.4 Å². The summed E-state index contributed by atoms with van der Waals surface area (Å²) >= 11 is 0. The van der Waals surface area contributed by atoms with Gasteiger partial charge in [-0.2, -0.15) is 0 Å². The number of primary amides is 1. The average molecular weight is 156 g/mol. The van der Waals surface area contributed by atoms with Crippen LogP contribution in [0.15, 0.2) is 0 Å². The van der Waals surface area contributed by atoms with E-state index in [1.54, 1.807) is 0 Å². The van der Waals surface area contributed by atoms with Crippen molar-refractivity contribution < 1.29 is 45.7 Å². The summed E-state index contributed by atoms with van der Waals surface area (Å²) in [7, 11) is 0. The van der Waals surface area contributed by atoms with Crippen molar-refractivity contribution in [3.8, 4) is 0 Å². The Morgan fingerprint density at radius 1 is 1.60 bits per heavy atom. The Hall–Kier alpha value is -0.100. The SMILES string of the molecule is NC(=O)C[C@H](N)C(=O)O.[H-].[Na+]. The molecule has 0 aromatic heterocycles. The molecule has 0 unspecified atom stereocenters. The van der Waals surface area contributed by atoms with Crippen LogP contribution in [0.25, 0.3) is 0 Å². The van der Waals surface area contributed by atoms with E-state index in [0.29, 0.717) is 0 Å². The minimum atomic E-state index is -1.21. The molecule has 0 fully saturated rings. The molecule has 0 bridgehead atoms. The third kappa shape index (κ3) is 6.03. The molecule has 10 heavy (non-hydrogen) atoms. The number of carbonyl (C=O) groups is 2. The van der Waals surface area contributed by atoms with Gasteiger partial charge in [0, 0.05) is 0 Å². The smallest absolute Gasteiger partial charge is 1.00 e. The zero-order valence-electron chi connectivity index (χ0n) is 6.70. The molecule has 6 heteroatoms. The van der Waals surface area contributed by atoms with Crippen LogP contribution in [-0.2, 0) is 9.59 Å². The second-order valence-electron chi connectivity index (χ2n) is 1.62. The molecule has 0 saturated heterocycles. The molecule has 0 aromatic carbocycles. The van der Waals surface area contributed by atoms with Crippen molar-refractivity contribution in [1.29, 1.82) is 0 Å². The number of aliphatic carboxylic acids is 1. The summed E-state index contributed by atoms with van der Waals surface area (Å²) in [6, 6.07) is -1.16. The molecule has 5 nitrogen and oxygen atoms in total. The molecule has 1 amide bonds. The summed E-state index contributed by atoms with van der Waals surface area (Å²) in [6.45, 7) is 0. The quantitative estimate of drug-likeness (QED) is 0.357. The standard InChI is InChI=1S/C4H8N2O3.Na.H/c5-2(4(8)9)1-3(6)7;;/h2H,1,5H2,(H2,6,7)(H,8,9);;/q;+1;-1/t2-;;/m0../s1. The van der Waals surface area contributed by atoms with Crippen molar-refractivity contribution in [2.45, 2.75) is 12.5 Å². The molecule has 0 spiro atoms. The average Bonchev–Trinajstić information content (AvgIpc) is 1.63. The van der Waals surface area contributed by atoms with Gasteiger partial charge in [0.05, 0.1) is 6.42 Å². The summed E-state index contributed by atoms with van der Waals surface area (Å²) in [6.07, 6.45) is -0.310. The normalized spacial score (nSPS) is 11.3. The van der Waals surface area contributed by atoms with E-state index in [2.05, 4.69) is 5.73 Å². The first kappa shape index (κ1) is 12.6. The van der Waals surface area contributed by atoms with Gasteiger partial charge in [-0.15, -0.1) is 0 Å². The number of carboxylic acid groups (broad SMARTS) is 1. The number of amides is 1. The molecule has 0 radical (unpaired) electrons. The fraction of sp³-hybridized carbons (Fsp3) is 0.500. The molecule has 0 rings (SSSR count). The van der Waals surface area contributed by atoms with Crippen LogP contribution in [0.3, 0.4) is 0 Å². The summed E-state index contributed by atoms with van der Waals surface area (Å²) < 4.78 is 0. The van der Waals surface area contributed by atoms with Crippen LogP contribution >= 0.6 is 0 Å². The molecule has 0 heterocycles. The fourth-order valence-electron chi connectivity index (χ4n) is 0.304. The van der Waals surface area contributed by atoms with Crippen molar-refractivity contribution in [3.05, 3.63) is 0 Å². The van der Waals surface area contributed by atoms with Gasteiger partial charge in [0.2, 0.25) is 5.91 Å². The first-order chi connectivity index (χ1) is 4.04. The minimum Gasteiger partial charge on any atom is -1.00 e. The summed E-state index contributed by atoms with van der Waals surface area (Å²) in [5, 5.41) is 8.10. The Balaban J connectivity index is -0.000000320. The van der Waals surface area contributed by atoms with E-state index in [4.69, 9.17) is 10.8 Å². The van der Waals surface area contributed by atoms with E-state index in [1.807, 2.05) is 0 Å². The zero-order chi connectivity index (χ0) is 7.44. The second-order valence-corrected chi connectivity index (χ2v) is 1.62. The van der Waals surface area contributed by atoms with Crippen molar-refractivity contribution in [1.82, 2.24) is 0 Å². The summed E-state index contributed by atoms with van der Waals surface area (Å²) in [5.41, 5.74) is 9.57. The van der Waals surface area contributed by atoms with E-state index in [9.17, 15) is 9.59 Å². The Kier molecular flexibility index (Phi) is 7.12. The largest absolute Gasteiger partial charge is 1.00 e. The third-order valence-electron chi connectivity index (χ3n) is 0.738. The number of rotatable bonds is 3. The monoisotopic (exact) mass is 156 g/mol. The molecular formula is C4H9N2NaO3. The fourth-order valence-corrected chi connectivity index (χ4v) is 0.304. The van der Waals surface area contributed by atoms with Crippen molar-refractivity contribution >= 4 is 11.9 Å². The van der Waals surface area contributed by atoms with Crippen molar-refractivity contribution in [2.24, 2.45) is 11.5 Å². The molecule has 1 atom stereocenters. The predicted octanol–water partition coefficient (Wildman–Crippen LogP) is -4.61. The van der Waals surface area contributed by atoms with Crippen LogP contribution in [-0.4, -0.2) is 23.0 Å². The molecular weight excluding hydrogens is 147 g/mol. The Morgan fingerprint density at radius 3 is 2.10 bits per heavy atom. The number of nitrogens with two attached hydrogens (primary N) is 2. The van der Waals surface area contributed by atoms with Gasteiger partial charge < -0.3 is 18.0 Å². The van der Waals surface area contributed by atoms with Gasteiger partial charge in [0.25, 0.3) is 0 Å². The van der Waals surface area contributed by atoms with Gasteiger partial charge in [-0.3, -0.25) is 9.59 Å². The van der Waals surface area contributed by atoms with Crippen molar-refractivity contribution in [2.75, 3.05) is 0 Å². The molecule has 0 aromatic rings. The van der Waals surface area contributed by atoms with E-state index in [1.165, 1.54) is 0 Å². The van der Waals surface area contributed by atoms with Gasteiger partial charge in [-0.05, 0) is 0 Å². The molecule has 0 aliphatic carbocycles. The number of hydrogen-bond acceptors (Lipinski definition) is 3. The molecule has 0 aliphatic rings. The molecule has 0 saturated carbocycles. The van der Waals surface area contributed by atoms with E-state index < -0.39 is 17.9 Å². The predicted molar refractivity (Wildman–Crippen MR) is 30.5 cm³/mol. The Bertz CT molecular complexity index is 143. The summed E-state index contributed by atoms with van der Waals surface area (Å²) in [5.74, 6) is -1.92. The Morgan fingerprint density at radius 2 is 2.00 bits per heavy atom. The maximum Gasteiger partial charge on any atom is 1.00 e.